The number of hydrogen-bond donors (Lipinski definition) is 2. The highest BCUT2D eigenvalue weighted by Gasteiger charge is 2.46. The molecule has 0 radical (unpaired) electrons. The van der Waals surface area contributed by atoms with Crippen molar-refractivity contribution in [3.63, 3.8) is 0 Å². The lowest BCUT2D eigenvalue weighted by Gasteiger charge is -2.41. The molecule has 1 saturated heterocycles. The van der Waals surface area contributed by atoms with Gasteiger partial charge in [-0.2, -0.15) is 0 Å². The van der Waals surface area contributed by atoms with Gasteiger partial charge in [0.05, 0.1) is 24.9 Å². The van der Waals surface area contributed by atoms with Crippen LogP contribution in [0.5, 0.6) is 0 Å². The molecule has 1 atom stereocenters. The first-order valence-electron chi connectivity index (χ1n) is 9.30. The number of aliphatic carboxylic acids is 1. The maximum absolute atomic E-state index is 11.4. The zero-order chi connectivity index (χ0) is 18.8. The maximum atomic E-state index is 11.4. The van der Waals surface area contributed by atoms with Gasteiger partial charge >= 0.3 is 5.97 Å². The third kappa shape index (κ3) is 4.26. The quantitative estimate of drug-likeness (QED) is 0.807. The molecular weight excluding hydrogens is 336 g/mol. The lowest BCUT2D eigenvalue weighted by Crippen LogP contribution is -2.42. The van der Waals surface area contributed by atoms with E-state index in [-0.39, 0.29) is 12.5 Å². The van der Waals surface area contributed by atoms with Crippen LogP contribution in [0.1, 0.15) is 50.7 Å². The Morgan fingerprint density at radius 2 is 1.85 bits per heavy atom. The summed E-state index contributed by atoms with van der Waals surface area (Å²) >= 11 is 0. The zero-order valence-corrected chi connectivity index (χ0v) is 15.4. The number of ether oxygens (including phenoxy) is 3. The monoisotopic (exact) mass is 364 g/mol. The first kappa shape index (κ1) is 19.3. The molecule has 0 aromatic heterocycles. The van der Waals surface area contributed by atoms with Gasteiger partial charge < -0.3 is 24.4 Å². The summed E-state index contributed by atoms with van der Waals surface area (Å²) in [5.74, 6) is -1.50. The Labute approximate surface area is 154 Å². The van der Waals surface area contributed by atoms with Crippen LogP contribution >= 0.6 is 0 Å². The first-order valence-corrected chi connectivity index (χ1v) is 9.30. The number of hydrogen-bond acceptors (Lipinski definition) is 5. The maximum Gasteiger partial charge on any atom is 0.333 e. The van der Waals surface area contributed by atoms with Crippen LogP contribution in [0.15, 0.2) is 24.3 Å². The topological polar surface area (TPSA) is 85.2 Å². The second kappa shape index (κ2) is 7.64. The van der Waals surface area contributed by atoms with Crippen molar-refractivity contribution in [1.29, 1.82) is 0 Å². The fraction of sp³-hybridized carbons (Fsp3) is 0.650. The molecule has 6 nitrogen and oxygen atoms in total. The number of rotatable bonds is 6. The third-order valence-electron chi connectivity index (χ3n) is 5.25. The molecule has 1 heterocycles. The van der Waals surface area contributed by atoms with Gasteiger partial charge in [-0.3, -0.25) is 0 Å². The molecule has 0 amide bonds. The number of aliphatic hydroxyl groups is 1. The number of carboxylic acid groups (broad SMARTS) is 1. The van der Waals surface area contributed by atoms with E-state index in [1.54, 1.807) is 0 Å². The lowest BCUT2D eigenvalue weighted by molar-refractivity contribution is -0.204. The summed E-state index contributed by atoms with van der Waals surface area (Å²) in [6.45, 7) is 4.86. The molecule has 2 N–H and O–H groups in total. The van der Waals surface area contributed by atoms with Gasteiger partial charge in [-0.05, 0) is 37.8 Å². The molecule has 1 spiro atoms. The van der Waals surface area contributed by atoms with Crippen LogP contribution in [0.25, 0.3) is 0 Å². The summed E-state index contributed by atoms with van der Waals surface area (Å²) in [6.07, 6.45) is 1.64. The Morgan fingerprint density at radius 1 is 1.19 bits per heavy atom. The number of carbonyl (C=O) groups is 1. The number of carboxylic acids is 1. The Hall–Kier alpha value is -1.47. The molecule has 6 heteroatoms. The van der Waals surface area contributed by atoms with E-state index in [9.17, 15) is 15.0 Å². The predicted octanol–water partition coefficient (Wildman–Crippen LogP) is 2.61. The van der Waals surface area contributed by atoms with Crippen LogP contribution in [-0.4, -0.2) is 47.4 Å². The zero-order valence-electron chi connectivity index (χ0n) is 15.4. The van der Waals surface area contributed by atoms with Crippen molar-refractivity contribution in [2.24, 2.45) is 0 Å². The highest BCUT2D eigenvalue weighted by molar-refractivity contribution is 5.72. The summed E-state index contributed by atoms with van der Waals surface area (Å²) in [6, 6.07) is 7.54. The minimum atomic E-state index is -0.974. The van der Waals surface area contributed by atoms with Crippen LogP contribution in [0.2, 0.25) is 0 Å². The van der Waals surface area contributed by atoms with Crippen LogP contribution in [-0.2, 0) is 31.0 Å². The summed E-state index contributed by atoms with van der Waals surface area (Å²) in [5, 5.41) is 20.5. The standard InChI is InChI=1S/C20H28O6/c1-14(2)26-17(18(21)22)13-15-4-3-5-16(12-15)19(23)6-8-20(9-7-19)24-10-11-25-20/h3-5,12,14,17,23H,6-11,13H2,1-2H3,(H,21,22). The van der Waals surface area contributed by atoms with Gasteiger partial charge in [-0.15, -0.1) is 0 Å². The van der Waals surface area contributed by atoms with E-state index in [0.29, 0.717) is 38.9 Å². The summed E-state index contributed by atoms with van der Waals surface area (Å²) < 4.78 is 17.0. The fourth-order valence-electron chi connectivity index (χ4n) is 3.84. The molecule has 26 heavy (non-hydrogen) atoms. The predicted molar refractivity (Wildman–Crippen MR) is 94.8 cm³/mol. The molecule has 3 rings (SSSR count). The summed E-state index contributed by atoms with van der Waals surface area (Å²) in [5.41, 5.74) is 0.725. The first-order chi connectivity index (χ1) is 12.3. The van der Waals surface area contributed by atoms with Gasteiger partial charge in [-0.1, -0.05) is 24.3 Å². The van der Waals surface area contributed by atoms with E-state index in [0.717, 1.165) is 11.1 Å². The van der Waals surface area contributed by atoms with Crippen molar-refractivity contribution < 1.29 is 29.2 Å². The Bertz CT molecular complexity index is 625. The van der Waals surface area contributed by atoms with E-state index < -0.39 is 23.5 Å². The van der Waals surface area contributed by atoms with Crippen LogP contribution < -0.4 is 0 Å². The molecule has 144 valence electrons. The van der Waals surface area contributed by atoms with E-state index in [4.69, 9.17) is 14.2 Å². The Morgan fingerprint density at radius 3 is 2.42 bits per heavy atom. The Kier molecular flexibility index (Phi) is 5.67. The second-order valence-corrected chi connectivity index (χ2v) is 7.56. The molecule has 1 aliphatic heterocycles. The van der Waals surface area contributed by atoms with Gasteiger partial charge in [0.25, 0.3) is 0 Å². The normalized spacial score (nSPS) is 22.6. The molecule has 2 aliphatic rings. The van der Waals surface area contributed by atoms with E-state index in [1.165, 1.54) is 0 Å². The van der Waals surface area contributed by atoms with E-state index in [1.807, 2.05) is 38.1 Å². The van der Waals surface area contributed by atoms with Crippen molar-refractivity contribution in [3.8, 4) is 0 Å². The van der Waals surface area contributed by atoms with Crippen molar-refractivity contribution in [2.75, 3.05) is 13.2 Å². The van der Waals surface area contributed by atoms with E-state index >= 15 is 0 Å². The molecule has 2 fully saturated rings. The highest BCUT2D eigenvalue weighted by atomic mass is 16.7. The molecule has 0 bridgehead atoms. The molecule has 1 saturated carbocycles. The van der Waals surface area contributed by atoms with Gasteiger partial charge in [0.1, 0.15) is 0 Å². The van der Waals surface area contributed by atoms with Crippen molar-refractivity contribution in [1.82, 2.24) is 0 Å². The minimum Gasteiger partial charge on any atom is -0.479 e. The van der Waals surface area contributed by atoms with Crippen molar-refractivity contribution >= 4 is 5.97 Å². The summed E-state index contributed by atoms with van der Waals surface area (Å²) in [7, 11) is 0. The molecule has 1 aromatic rings. The van der Waals surface area contributed by atoms with Gasteiger partial charge in [-0.25, -0.2) is 4.79 Å². The van der Waals surface area contributed by atoms with Gasteiger partial charge in [0, 0.05) is 19.3 Å². The molecule has 1 aromatic carbocycles. The second-order valence-electron chi connectivity index (χ2n) is 7.56. The summed E-state index contributed by atoms with van der Waals surface area (Å²) in [4.78, 5) is 11.4. The number of benzene rings is 1. The van der Waals surface area contributed by atoms with Crippen molar-refractivity contribution in [3.05, 3.63) is 35.4 Å². The van der Waals surface area contributed by atoms with Gasteiger partial charge in [0.2, 0.25) is 0 Å². The van der Waals surface area contributed by atoms with E-state index in [2.05, 4.69) is 0 Å². The average molecular weight is 364 g/mol. The average Bonchev–Trinajstić information content (AvgIpc) is 3.06. The highest BCUT2D eigenvalue weighted by Crippen LogP contribution is 2.44. The molecular formula is C20H28O6. The Balaban J connectivity index is 1.71. The third-order valence-corrected chi connectivity index (χ3v) is 5.25. The lowest BCUT2D eigenvalue weighted by atomic mass is 9.76. The fourth-order valence-corrected chi connectivity index (χ4v) is 3.84. The minimum absolute atomic E-state index is 0.163. The smallest absolute Gasteiger partial charge is 0.333 e. The molecule has 1 unspecified atom stereocenters. The van der Waals surface area contributed by atoms with Crippen LogP contribution in [0.4, 0.5) is 0 Å². The van der Waals surface area contributed by atoms with Gasteiger partial charge in [0.15, 0.2) is 11.9 Å². The van der Waals surface area contributed by atoms with Crippen LogP contribution in [0, 0.1) is 0 Å². The largest absolute Gasteiger partial charge is 0.479 e. The SMILES string of the molecule is CC(C)OC(Cc1cccc(C2(O)CCC3(CC2)OCCO3)c1)C(=O)O. The van der Waals surface area contributed by atoms with Crippen LogP contribution in [0.3, 0.4) is 0 Å². The molecule has 1 aliphatic carbocycles. The van der Waals surface area contributed by atoms with Crippen molar-refractivity contribution in [2.45, 2.75) is 69.5 Å².